The Labute approximate surface area is 223 Å². The van der Waals surface area contributed by atoms with E-state index >= 15 is 0 Å². The van der Waals surface area contributed by atoms with Crippen LogP contribution in [-0.4, -0.2) is 32.5 Å². The van der Waals surface area contributed by atoms with Crippen molar-refractivity contribution in [1.82, 2.24) is 10.3 Å². The molecule has 0 saturated heterocycles. The summed E-state index contributed by atoms with van der Waals surface area (Å²) < 4.78 is 19.8. The van der Waals surface area contributed by atoms with Crippen molar-refractivity contribution >= 4 is 28.3 Å². The van der Waals surface area contributed by atoms with Gasteiger partial charge in [-0.1, -0.05) is 0 Å². The maximum atomic E-state index is 14.1. The second-order valence-corrected chi connectivity index (χ2v) is 10.7. The van der Waals surface area contributed by atoms with Gasteiger partial charge in [-0.2, -0.15) is 0 Å². The normalized spacial score (nSPS) is 23.1. The molecule has 2 atom stereocenters. The van der Waals surface area contributed by atoms with Crippen LogP contribution in [0, 0.1) is 12.7 Å². The first-order valence-electron chi connectivity index (χ1n) is 12.8. The molecule has 2 aliphatic carbocycles. The summed E-state index contributed by atoms with van der Waals surface area (Å²) in [5, 5.41) is 25.7. The van der Waals surface area contributed by atoms with Gasteiger partial charge in [0.05, 0.1) is 17.2 Å². The van der Waals surface area contributed by atoms with Crippen molar-refractivity contribution in [2.45, 2.75) is 58.4 Å². The minimum atomic E-state index is -1.58. The Bertz CT molecular complexity index is 1730. The maximum Gasteiger partial charge on any atom is 0.194 e. The summed E-state index contributed by atoms with van der Waals surface area (Å²) in [6.45, 7) is 5.88. The summed E-state index contributed by atoms with van der Waals surface area (Å²) in [5.74, 6) is -2.90. The number of aromatic hydroxyl groups is 2. The predicted octanol–water partition coefficient (Wildman–Crippen LogP) is 4.86. The molecule has 200 valence electrons. The van der Waals surface area contributed by atoms with Crippen LogP contribution in [0.1, 0.15) is 72.4 Å². The average Bonchev–Trinajstić information content (AvgIpc) is 3.39. The molecular formula is C30H27FN2O6. The smallest absolute Gasteiger partial charge is 0.194 e. The number of nitrogens with one attached hydrogen (secondary N) is 2. The maximum absolute atomic E-state index is 14.1. The number of halogens is 1. The molecule has 6 rings (SSSR count). The van der Waals surface area contributed by atoms with Gasteiger partial charge in [0, 0.05) is 33.9 Å². The number of aryl methyl sites for hydroxylation is 1. The molecule has 0 saturated carbocycles. The van der Waals surface area contributed by atoms with E-state index in [2.05, 4.69) is 10.3 Å². The summed E-state index contributed by atoms with van der Waals surface area (Å²) in [5.41, 5.74) is 1.37. The second-order valence-electron chi connectivity index (χ2n) is 10.7. The van der Waals surface area contributed by atoms with Crippen LogP contribution in [-0.2, 0) is 21.4 Å². The Hall–Kier alpha value is -4.40. The fourth-order valence-electron chi connectivity index (χ4n) is 6.28. The zero-order valence-corrected chi connectivity index (χ0v) is 21.9. The summed E-state index contributed by atoms with van der Waals surface area (Å²) in [7, 11) is 0. The first-order valence-corrected chi connectivity index (χ1v) is 12.8. The highest BCUT2D eigenvalue weighted by Gasteiger charge is 2.56. The van der Waals surface area contributed by atoms with E-state index in [-0.39, 0.29) is 51.4 Å². The van der Waals surface area contributed by atoms with Crippen molar-refractivity contribution in [2.75, 3.05) is 0 Å². The Balaban J connectivity index is 1.45. The van der Waals surface area contributed by atoms with Crippen LogP contribution in [0.2, 0.25) is 0 Å². The molecule has 1 aromatic heterocycles. The van der Waals surface area contributed by atoms with Gasteiger partial charge < -0.3 is 25.3 Å². The highest BCUT2D eigenvalue weighted by atomic mass is 19.1. The molecule has 0 bridgehead atoms. The molecular weight excluding hydrogens is 503 g/mol. The third-order valence-electron chi connectivity index (χ3n) is 8.32. The van der Waals surface area contributed by atoms with Crippen molar-refractivity contribution in [3.05, 3.63) is 75.1 Å². The third kappa shape index (κ3) is 3.32. The van der Waals surface area contributed by atoms with Crippen LogP contribution < -0.4 is 10.1 Å². The standard InChI is InChI=1S/C30H27FN2O6/c1-12-26(36)23(14(3)34)28-24(27(12)37)30(4)21(39-28)11-20(35)22(29(30)38)13(2)32-19-7-5-6-16-17-10-15(31)8-9-18(17)33-25(16)19/h8-11,19,32-33,36-37H,5-7H2,1-4H3/b22-13+/t19?,30-/m0/s1. The summed E-state index contributed by atoms with van der Waals surface area (Å²) in [4.78, 5) is 43.1. The van der Waals surface area contributed by atoms with Crippen LogP contribution >= 0.6 is 0 Å². The molecule has 0 fully saturated rings. The number of phenolic OH excluding ortho intramolecular Hbond substituents is 2. The largest absolute Gasteiger partial charge is 0.507 e. The Morgan fingerprint density at radius 1 is 1.21 bits per heavy atom. The number of benzene rings is 2. The number of carbonyl (C=O) groups excluding carboxylic acids is 3. The summed E-state index contributed by atoms with van der Waals surface area (Å²) in [6, 6.07) is 4.38. The minimum Gasteiger partial charge on any atom is -0.507 e. The number of Topliss-reactive ketones (excluding diaryl/α,β-unsaturated/α-hetero) is 2. The molecule has 39 heavy (non-hydrogen) atoms. The van der Waals surface area contributed by atoms with Crippen molar-refractivity contribution < 1.29 is 33.7 Å². The van der Waals surface area contributed by atoms with Crippen molar-refractivity contribution in [1.29, 1.82) is 0 Å². The molecule has 0 amide bonds. The quantitative estimate of drug-likeness (QED) is 0.216. The van der Waals surface area contributed by atoms with Crippen LogP contribution in [0.25, 0.3) is 10.9 Å². The topological polar surface area (TPSA) is 129 Å². The van der Waals surface area contributed by atoms with Gasteiger partial charge in [0.1, 0.15) is 39.8 Å². The van der Waals surface area contributed by atoms with Gasteiger partial charge in [-0.3, -0.25) is 14.4 Å². The zero-order chi connectivity index (χ0) is 28.0. The molecule has 3 aliphatic rings. The van der Waals surface area contributed by atoms with Gasteiger partial charge in [-0.25, -0.2) is 4.39 Å². The first-order chi connectivity index (χ1) is 18.4. The van der Waals surface area contributed by atoms with E-state index in [9.17, 15) is 29.0 Å². The predicted molar refractivity (Wildman–Crippen MR) is 140 cm³/mol. The molecule has 0 radical (unpaired) electrons. The number of phenols is 2. The van der Waals surface area contributed by atoms with E-state index in [0.717, 1.165) is 41.4 Å². The molecule has 2 aromatic carbocycles. The van der Waals surface area contributed by atoms with Gasteiger partial charge in [0.2, 0.25) is 0 Å². The van der Waals surface area contributed by atoms with Gasteiger partial charge in [0.25, 0.3) is 0 Å². The van der Waals surface area contributed by atoms with Gasteiger partial charge in [-0.15, -0.1) is 0 Å². The van der Waals surface area contributed by atoms with Crippen LogP contribution in [0.4, 0.5) is 4.39 Å². The molecule has 4 N–H and O–H groups in total. The lowest BCUT2D eigenvalue weighted by Gasteiger charge is -2.30. The lowest BCUT2D eigenvalue weighted by molar-refractivity contribution is -0.123. The Morgan fingerprint density at radius 2 is 1.95 bits per heavy atom. The molecule has 2 heterocycles. The lowest BCUT2D eigenvalue weighted by atomic mass is 9.70. The molecule has 3 aromatic rings. The number of allylic oxidation sites excluding steroid dienone is 4. The van der Waals surface area contributed by atoms with E-state index in [4.69, 9.17) is 4.74 Å². The summed E-state index contributed by atoms with van der Waals surface area (Å²) >= 11 is 0. The molecule has 8 nitrogen and oxygen atoms in total. The number of hydrogen-bond acceptors (Lipinski definition) is 7. The van der Waals surface area contributed by atoms with Crippen molar-refractivity contribution in [3.63, 3.8) is 0 Å². The van der Waals surface area contributed by atoms with E-state index in [0.29, 0.717) is 5.70 Å². The Morgan fingerprint density at radius 3 is 2.67 bits per heavy atom. The molecule has 1 unspecified atom stereocenters. The number of fused-ring (bicyclic) bond motifs is 6. The van der Waals surface area contributed by atoms with Crippen LogP contribution in [0.5, 0.6) is 17.2 Å². The Kier molecular flexibility index (Phi) is 5.30. The van der Waals surface area contributed by atoms with Gasteiger partial charge >= 0.3 is 0 Å². The van der Waals surface area contributed by atoms with E-state index in [1.165, 1.54) is 39.0 Å². The number of ether oxygens (including phenoxy) is 1. The van der Waals surface area contributed by atoms with E-state index in [1.54, 1.807) is 13.0 Å². The SMILES string of the molecule is CC(=O)c1c(O)c(C)c(O)c2c1OC1=CC(=O)/C(=C(/C)NC3CCCc4c3[nH]c3ccc(F)cc43)C(=O)[C@@]12C. The average molecular weight is 531 g/mol. The molecule has 9 heteroatoms. The van der Waals surface area contributed by atoms with Crippen molar-refractivity contribution in [3.8, 4) is 17.2 Å². The fourth-order valence-corrected chi connectivity index (χ4v) is 6.28. The van der Waals surface area contributed by atoms with Crippen LogP contribution in [0.15, 0.2) is 41.3 Å². The minimum absolute atomic E-state index is 0.00977. The molecule has 0 spiro atoms. The number of carbonyl (C=O) groups is 3. The lowest BCUT2D eigenvalue weighted by Crippen LogP contribution is -2.41. The van der Waals surface area contributed by atoms with Crippen molar-refractivity contribution in [2.24, 2.45) is 0 Å². The number of H-pyrrole nitrogens is 1. The van der Waals surface area contributed by atoms with Gasteiger partial charge in [-0.05, 0) is 70.7 Å². The number of hydrogen-bond donors (Lipinski definition) is 4. The third-order valence-corrected chi connectivity index (χ3v) is 8.32. The van der Waals surface area contributed by atoms with Gasteiger partial charge in [0.15, 0.2) is 17.3 Å². The molecule has 1 aliphatic heterocycles. The van der Waals surface area contributed by atoms with Crippen LogP contribution in [0.3, 0.4) is 0 Å². The second kappa shape index (κ2) is 8.30. The number of ketones is 3. The number of aromatic nitrogens is 1. The fraction of sp³-hybridized carbons (Fsp3) is 0.300. The van der Waals surface area contributed by atoms with E-state index < -0.39 is 28.5 Å². The number of rotatable bonds is 3. The first kappa shape index (κ1) is 24.9. The zero-order valence-electron chi connectivity index (χ0n) is 21.9. The van der Waals surface area contributed by atoms with E-state index in [1.807, 2.05) is 0 Å². The summed E-state index contributed by atoms with van der Waals surface area (Å²) in [6.07, 6.45) is 3.56. The number of aromatic amines is 1. The monoisotopic (exact) mass is 530 g/mol. The highest BCUT2D eigenvalue weighted by Crippen LogP contribution is 2.57. The highest BCUT2D eigenvalue weighted by molar-refractivity contribution is 6.31.